The minimum absolute atomic E-state index is 0.0583. The first-order valence-corrected chi connectivity index (χ1v) is 23.9. The highest BCUT2D eigenvalue weighted by Gasteiger charge is 2.66. The van der Waals surface area contributed by atoms with E-state index in [9.17, 15) is 15.0 Å². The average molecular weight is 881 g/mol. The molecule has 3 aromatic carbocycles. The van der Waals surface area contributed by atoms with Crippen LogP contribution >= 0.6 is 11.8 Å². The van der Waals surface area contributed by atoms with Crippen molar-refractivity contribution in [2.75, 3.05) is 39.0 Å². The van der Waals surface area contributed by atoms with Crippen molar-refractivity contribution in [3.05, 3.63) is 102 Å². The van der Waals surface area contributed by atoms with Gasteiger partial charge >= 0.3 is 0 Å². The third-order valence-corrected chi connectivity index (χ3v) is 13.8. The van der Waals surface area contributed by atoms with Crippen LogP contribution in [0.5, 0.6) is 23.0 Å². The second-order valence-corrected chi connectivity index (χ2v) is 19.6. The Labute approximate surface area is 376 Å². The summed E-state index contributed by atoms with van der Waals surface area (Å²) in [5, 5.41) is 25.0. The number of rotatable bonds is 21. The van der Waals surface area contributed by atoms with Crippen LogP contribution in [0.15, 0.2) is 101 Å². The Kier molecular flexibility index (Phi) is 14.4. The molecule has 2 fully saturated rings. The highest BCUT2D eigenvalue weighted by Crippen LogP contribution is 2.62. The van der Waals surface area contributed by atoms with Crippen LogP contribution in [0.1, 0.15) is 95.6 Å². The number of thioether (sulfide) groups is 1. The molecule has 2 saturated carbocycles. The fraction of sp³-hybridized carbons (Fsp3) is 0.529. The van der Waals surface area contributed by atoms with Crippen LogP contribution in [0.3, 0.4) is 0 Å². The number of carbonyl (C=O) groups is 1. The number of aliphatic hydroxyl groups is 2. The SMILES string of the molecule is C=CCO[C@@]12Oc3ccc(OCCSc4ccccc4)cc3[C@H]3[C@H](CCCCO)[C@@H](CCCCO)C=C(C(=NOC(C)(C)C)C[C@@H]1N(Cc1ccc4c(c1)OCO4)C(=O)C1CC1)[C@H]32. The molecule has 0 aromatic heterocycles. The van der Waals surface area contributed by atoms with Crippen molar-refractivity contribution in [2.45, 2.75) is 113 Å². The van der Waals surface area contributed by atoms with E-state index < -0.39 is 23.3 Å². The lowest BCUT2D eigenvalue weighted by atomic mass is 9.55. The maximum absolute atomic E-state index is 14.9. The predicted molar refractivity (Wildman–Crippen MR) is 244 cm³/mol. The minimum atomic E-state index is -1.35. The number of allylic oxidation sites excluding steroid dienone is 1. The number of nitrogens with zero attached hydrogens (tertiary/aromatic N) is 2. The number of fused-ring (bicyclic) bond motifs is 3. The van der Waals surface area contributed by atoms with E-state index in [4.69, 9.17) is 33.7 Å². The quantitative estimate of drug-likeness (QED) is 0.0462. The number of unbranched alkanes of at least 4 members (excludes halogenated alkanes) is 2. The summed E-state index contributed by atoms with van der Waals surface area (Å²) in [6.07, 6.45) is 10.9. The number of amides is 1. The molecule has 11 nitrogen and oxygen atoms in total. The van der Waals surface area contributed by atoms with Crippen molar-refractivity contribution in [2.24, 2.45) is 28.8 Å². The van der Waals surface area contributed by atoms with Gasteiger partial charge in [0.15, 0.2) is 11.5 Å². The van der Waals surface area contributed by atoms with Crippen LogP contribution in [0.2, 0.25) is 0 Å². The zero-order valence-corrected chi connectivity index (χ0v) is 37.9. The van der Waals surface area contributed by atoms with Crippen LogP contribution in [0.4, 0.5) is 0 Å². The first-order chi connectivity index (χ1) is 30.6. The molecule has 0 spiro atoms. The number of hydrogen-bond donors (Lipinski definition) is 2. The van der Waals surface area contributed by atoms with E-state index in [-0.39, 0.29) is 56.2 Å². The van der Waals surface area contributed by atoms with Crippen molar-refractivity contribution < 1.29 is 43.5 Å². The lowest BCUT2D eigenvalue weighted by Crippen LogP contribution is -2.70. The number of oxime groups is 1. The van der Waals surface area contributed by atoms with Gasteiger partial charge in [0.25, 0.3) is 0 Å². The molecule has 8 rings (SSSR count). The van der Waals surface area contributed by atoms with Crippen molar-refractivity contribution >= 4 is 23.4 Å². The van der Waals surface area contributed by atoms with Crippen molar-refractivity contribution in [3.63, 3.8) is 0 Å². The van der Waals surface area contributed by atoms with E-state index in [0.29, 0.717) is 49.7 Å². The average Bonchev–Trinajstić information content (AvgIpc) is 4.03. The summed E-state index contributed by atoms with van der Waals surface area (Å²) in [6, 6.07) is 21.7. The topological polar surface area (TPSA) is 129 Å². The Hall–Kier alpha value is -4.49. The van der Waals surface area contributed by atoms with Gasteiger partial charge in [0.1, 0.15) is 23.1 Å². The first-order valence-electron chi connectivity index (χ1n) is 22.9. The molecule has 2 N–H and O–H groups in total. The summed E-state index contributed by atoms with van der Waals surface area (Å²) < 4.78 is 32.7. The molecular weight excluding hydrogens is 817 g/mol. The standard InChI is InChI=1S/C51H64N2O9S/c1-5-25-60-51-46(53(49(56)35-18-19-35)32-34-17-21-44-45(28-34)59-33-58-44)31-42(52-62-50(2,3)4)40-29-36(13-9-11-23-54)39(16-10-12-24-55)47(48(40)51)41-30-37(20-22-43(41)61-51)57-26-27-63-38-14-7-6-8-15-38/h5-8,14-15,17,20-22,28-30,35-36,39,46-48,54-55H,1,9-13,16,18-19,23-27,31-33H2,2-4H3/t36-,39+,46-,47+,48+,51+/m0/s1. The smallest absolute Gasteiger partial charge is 0.239 e. The normalized spacial score (nSPS) is 25.1. The second-order valence-electron chi connectivity index (χ2n) is 18.4. The van der Waals surface area contributed by atoms with Crippen molar-refractivity contribution in [1.82, 2.24) is 4.90 Å². The Bertz CT molecular complexity index is 2120. The molecular formula is C51H64N2O9S. The molecule has 3 aliphatic carbocycles. The molecule has 3 aromatic rings. The Morgan fingerprint density at radius 1 is 0.968 bits per heavy atom. The van der Waals surface area contributed by atoms with Gasteiger partial charge in [-0.1, -0.05) is 54.4 Å². The van der Waals surface area contributed by atoms with Gasteiger partial charge in [0.2, 0.25) is 18.5 Å². The maximum Gasteiger partial charge on any atom is 0.239 e. The number of ether oxygens (including phenoxy) is 5. The first kappa shape index (κ1) is 45.1. The molecule has 0 unspecified atom stereocenters. The molecule has 1 amide bonds. The number of aliphatic hydroxyl groups excluding tert-OH is 2. The van der Waals surface area contributed by atoms with E-state index >= 15 is 0 Å². The number of benzene rings is 3. The van der Waals surface area contributed by atoms with Crippen LogP contribution in [0, 0.1) is 23.7 Å². The van der Waals surface area contributed by atoms with E-state index in [1.807, 2.05) is 74.2 Å². The van der Waals surface area contributed by atoms with Crippen molar-refractivity contribution in [3.8, 4) is 23.0 Å². The third-order valence-electron chi connectivity index (χ3n) is 12.8. The summed E-state index contributed by atoms with van der Waals surface area (Å²) in [4.78, 5) is 24.4. The molecule has 5 aliphatic rings. The van der Waals surface area contributed by atoms with Crippen molar-refractivity contribution in [1.29, 1.82) is 0 Å². The zero-order chi connectivity index (χ0) is 44.0. The van der Waals surface area contributed by atoms with Crippen LogP contribution < -0.4 is 18.9 Å². The van der Waals surface area contributed by atoms with Gasteiger partial charge in [0.05, 0.1) is 24.8 Å². The van der Waals surface area contributed by atoms with Gasteiger partial charge < -0.3 is 43.6 Å². The molecule has 0 bridgehead atoms. The molecule has 2 heterocycles. The van der Waals surface area contributed by atoms with Gasteiger partial charge in [-0.15, -0.1) is 18.3 Å². The summed E-state index contributed by atoms with van der Waals surface area (Å²) in [7, 11) is 0. The van der Waals surface area contributed by atoms with Gasteiger partial charge in [-0.3, -0.25) is 4.79 Å². The molecule has 2 aliphatic heterocycles. The summed E-state index contributed by atoms with van der Waals surface area (Å²) in [5.41, 5.74) is 3.16. The fourth-order valence-electron chi connectivity index (χ4n) is 9.91. The van der Waals surface area contributed by atoms with Gasteiger partial charge in [-0.25, -0.2) is 0 Å². The summed E-state index contributed by atoms with van der Waals surface area (Å²) >= 11 is 1.76. The van der Waals surface area contributed by atoms with E-state index in [0.717, 1.165) is 72.4 Å². The van der Waals surface area contributed by atoms with Gasteiger partial charge in [-0.2, -0.15) is 0 Å². The Morgan fingerprint density at radius 2 is 1.73 bits per heavy atom. The van der Waals surface area contributed by atoms with E-state index in [1.165, 1.54) is 4.90 Å². The van der Waals surface area contributed by atoms with Gasteiger partial charge in [0, 0.05) is 54.2 Å². The monoisotopic (exact) mass is 880 g/mol. The Morgan fingerprint density at radius 3 is 2.48 bits per heavy atom. The van der Waals surface area contributed by atoms with Crippen LogP contribution in [0.25, 0.3) is 0 Å². The van der Waals surface area contributed by atoms with Crippen LogP contribution in [-0.2, 0) is 20.9 Å². The molecule has 63 heavy (non-hydrogen) atoms. The lowest BCUT2D eigenvalue weighted by molar-refractivity contribution is -0.258. The molecule has 0 saturated heterocycles. The maximum atomic E-state index is 14.9. The molecule has 6 atom stereocenters. The van der Waals surface area contributed by atoms with E-state index in [2.05, 4.69) is 30.9 Å². The highest BCUT2D eigenvalue weighted by molar-refractivity contribution is 7.99. The van der Waals surface area contributed by atoms with E-state index in [1.54, 1.807) is 17.8 Å². The minimum Gasteiger partial charge on any atom is -0.493 e. The van der Waals surface area contributed by atoms with Crippen LogP contribution in [-0.4, -0.2) is 83.1 Å². The summed E-state index contributed by atoms with van der Waals surface area (Å²) in [5.74, 6) is 1.87. The lowest BCUT2D eigenvalue weighted by Gasteiger charge is -2.60. The largest absolute Gasteiger partial charge is 0.493 e. The predicted octanol–water partition coefficient (Wildman–Crippen LogP) is 9.46. The molecule has 338 valence electrons. The fourth-order valence-corrected chi connectivity index (χ4v) is 10.7. The highest BCUT2D eigenvalue weighted by atomic mass is 32.2. The van der Waals surface area contributed by atoms with Gasteiger partial charge in [-0.05, 0) is 125 Å². The second kappa shape index (κ2) is 20.1. The number of hydrogen-bond acceptors (Lipinski definition) is 11. The Balaban J connectivity index is 1.28. The molecule has 12 heteroatoms. The number of carbonyl (C=O) groups excluding carboxylic acids is 1. The summed E-state index contributed by atoms with van der Waals surface area (Å²) in [6.45, 7) is 11.5. The molecule has 0 radical (unpaired) electrons. The third kappa shape index (κ3) is 10.2. The zero-order valence-electron chi connectivity index (χ0n) is 37.0.